The molecule has 2 aromatic carbocycles. The van der Waals surface area contributed by atoms with Crippen molar-refractivity contribution in [3.63, 3.8) is 0 Å². The number of amides is 1. The maximum Gasteiger partial charge on any atom is 0.256 e. The molecule has 0 saturated heterocycles. The molecule has 0 fully saturated rings. The Kier molecular flexibility index (Phi) is 6.07. The van der Waals surface area contributed by atoms with Crippen LogP contribution in [0.15, 0.2) is 59.5 Å². The van der Waals surface area contributed by atoms with E-state index in [1.807, 2.05) is 13.0 Å². The highest BCUT2D eigenvalue weighted by Gasteiger charge is 2.18. The SMILES string of the molecule is Cc1cc(NC(=O)c2cccc(S(=O)(=O)NC(C)C)c2)n(-c2cccc(Cl)c2)n1. The zero-order valence-corrected chi connectivity index (χ0v) is 17.8. The first-order valence-electron chi connectivity index (χ1n) is 8.92. The van der Waals surface area contributed by atoms with Gasteiger partial charge in [0, 0.05) is 22.7 Å². The highest BCUT2D eigenvalue weighted by Crippen LogP contribution is 2.21. The van der Waals surface area contributed by atoms with Crippen LogP contribution >= 0.6 is 11.6 Å². The molecule has 0 spiro atoms. The summed E-state index contributed by atoms with van der Waals surface area (Å²) in [6.07, 6.45) is 0. The largest absolute Gasteiger partial charge is 0.306 e. The number of carbonyl (C=O) groups excluding carboxylic acids is 1. The molecule has 0 bridgehead atoms. The minimum atomic E-state index is -3.70. The summed E-state index contributed by atoms with van der Waals surface area (Å²) in [5.41, 5.74) is 1.62. The quantitative estimate of drug-likeness (QED) is 0.620. The second-order valence-electron chi connectivity index (χ2n) is 6.82. The lowest BCUT2D eigenvalue weighted by atomic mass is 10.2. The number of halogens is 1. The van der Waals surface area contributed by atoms with Gasteiger partial charge in [0.25, 0.3) is 5.91 Å². The summed E-state index contributed by atoms with van der Waals surface area (Å²) in [6, 6.07) is 14.4. The Hall–Kier alpha value is -2.68. The molecule has 9 heteroatoms. The van der Waals surface area contributed by atoms with E-state index in [9.17, 15) is 13.2 Å². The van der Waals surface area contributed by atoms with Crippen LogP contribution in [0.3, 0.4) is 0 Å². The summed E-state index contributed by atoms with van der Waals surface area (Å²) in [7, 11) is -3.70. The first-order chi connectivity index (χ1) is 13.7. The van der Waals surface area contributed by atoms with Gasteiger partial charge in [0.1, 0.15) is 5.82 Å². The molecule has 2 N–H and O–H groups in total. The maximum atomic E-state index is 12.8. The van der Waals surface area contributed by atoms with E-state index in [0.29, 0.717) is 22.2 Å². The molecular formula is C20H21ClN4O3S. The summed E-state index contributed by atoms with van der Waals surface area (Å²) in [5.74, 6) is -0.00175. The van der Waals surface area contributed by atoms with Crippen LogP contribution in [0.2, 0.25) is 5.02 Å². The number of nitrogens with one attached hydrogen (secondary N) is 2. The number of benzene rings is 2. The van der Waals surface area contributed by atoms with Crippen molar-refractivity contribution >= 4 is 33.3 Å². The predicted octanol–water partition coefficient (Wildman–Crippen LogP) is 3.77. The fourth-order valence-corrected chi connectivity index (χ4v) is 4.25. The maximum absolute atomic E-state index is 12.8. The van der Waals surface area contributed by atoms with Gasteiger partial charge in [-0.2, -0.15) is 5.10 Å². The van der Waals surface area contributed by atoms with Crippen LogP contribution in [0.4, 0.5) is 5.82 Å². The van der Waals surface area contributed by atoms with Crippen molar-refractivity contribution in [3.8, 4) is 5.69 Å². The van der Waals surface area contributed by atoms with E-state index in [4.69, 9.17) is 11.6 Å². The number of sulfonamides is 1. The smallest absolute Gasteiger partial charge is 0.256 e. The van der Waals surface area contributed by atoms with Gasteiger partial charge in [-0.05, 0) is 57.2 Å². The third-order valence-electron chi connectivity index (χ3n) is 3.92. The lowest BCUT2D eigenvalue weighted by Gasteiger charge is -2.12. The van der Waals surface area contributed by atoms with Crippen LogP contribution in [-0.4, -0.2) is 30.1 Å². The molecule has 0 aliphatic heterocycles. The molecule has 1 aromatic heterocycles. The first-order valence-corrected chi connectivity index (χ1v) is 10.8. The Morgan fingerprint density at radius 1 is 1.10 bits per heavy atom. The summed E-state index contributed by atoms with van der Waals surface area (Å²) in [4.78, 5) is 12.8. The molecular weight excluding hydrogens is 412 g/mol. The van der Waals surface area contributed by atoms with E-state index < -0.39 is 15.9 Å². The van der Waals surface area contributed by atoms with Gasteiger partial charge in [-0.1, -0.05) is 23.7 Å². The van der Waals surface area contributed by atoms with Crippen molar-refractivity contribution in [1.82, 2.24) is 14.5 Å². The average molecular weight is 433 g/mol. The van der Waals surface area contributed by atoms with E-state index in [0.717, 1.165) is 0 Å². The summed E-state index contributed by atoms with van der Waals surface area (Å²) in [6.45, 7) is 5.27. The summed E-state index contributed by atoms with van der Waals surface area (Å²) >= 11 is 6.06. The van der Waals surface area contributed by atoms with Gasteiger partial charge >= 0.3 is 0 Å². The molecule has 1 heterocycles. The number of nitrogens with zero attached hydrogens (tertiary/aromatic N) is 2. The minimum Gasteiger partial charge on any atom is -0.306 e. The van der Waals surface area contributed by atoms with Gasteiger partial charge in [0.05, 0.1) is 16.3 Å². The Labute approximate surface area is 174 Å². The Morgan fingerprint density at radius 3 is 2.52 bits per heavy atom. The molecule has 0 radical (unpaired) electrons. The monoisotopic (exact) mass is 432 g/mol. The second kappa shape index (κ2) is 8.36. The van der Waals surface area contributed by atoms with E-state index in [2.05, 4.69) is 15.1 Å². The van der Waals surface area contributed by atoms with Crippen molar-refractivity contribution in [2.24, 2.45) is 0 Å². The van der Waals surface area contributed by atoms with Crippen LogP contribution in [0.5, 0.6) is 0 Å². The molecule has 3 aromatic rings. The molecule has 3 rings (SSSR count). The second-order valence-corrected chi connectivity index (χ2v) is 8.97. The lowest BCUT2D eigenvalue weighted by Crippen LogP contribution is -2.30. The van der Waals surface area contributed by atoms with Gasteiger partial charge < -0.3 is 5.32 Å². The molecule has 0 saturated carbocycles. The van der Waals surface area contributed by atoms with E-state index >= 15 is 0 Å². The minimum absolute atomic E-state index is 0.0263. The summed E-state index contributed by atoms with van der Waals surface area (Å²) in [5, 5.41) is 7.73. The highest BCUT2D eigenvalue weighted by atomic mass is 35.5. The number of carbonyl (C=O) groups is 1. The van der Waals surface area contributed by atoms with Crippen LogP contribution < -0.4 is 10.0 Å². The lowest BCUT2D eigenvalue weighted by molar-refractivity contribution is 0.102. The third kappa shape index (κ3) is 5.03. The zero-order chi connectivity index (χ0) is 21.2. The van der Waals surface area contributed by atoms with Crippen molar-refractivity contribution in [2.75, 3.05) is 5.32 Å². The number of aromatic nitrogens is 2. The number of aryl methyl sites for hydroxylation is 1. The number of hydrogen-bond donors (Lipinski definition) is 2. The number of hydrogen-bond acceptors (Lipinski definition) is 4. The molecule has 0 atom stereocenters. The topological polar surface area (TPSA) is 93.1 Å². The van der Waals surface area contributed by atoms with Crippen molar-refractivity contribution in [2.45, 2.75) is 31.7 Å². The Balaban J connectivity index is 1.90. The molecule has 1 amide bonds. The van der Waals surface area contributed by atoms with Gasteiger partial charge in [-0.25, -0.2) is 17.8 Å². The standard InChI is InChI=1S/C20H21ClN4O3S/c1-13(2)24-29(27,28)18-9-4-6-15(11-18)20(26)22-19-10-14(3)23-25(19)17-8-5-7-16(21)12-17/h4-13,24H,1-3H3,(H,22,26). The fraction of sp³-hybridized carbons (Fsp3) is 0.200. The van der Waals surface area contributed by atoms with Crippen molar-refractivity contribution in [3.05, 3.63) is 70.9 Å². The third-order valence-corrected chi connectivity index (χ3v) is 5.81. The van der Waals surface area contributed by atoms with Gasteiger partial charge in [0.15, 0.2) is 0 Å². The number of rotatable bonds is 6. The van der Waals surface area contributed by atoms with Crippen LogP contribution in [0, 0.1) is 6.92 Å². The van der Waals surface area contributed by atoms with Crippen LogP contribution in [-0.2, 0) is 10.0 Å². The normalized spacial score (nSPS) is 11.6. The molecule has 0 unspecified atom stereocenters. The van der Waals surface area contributed by atoms with Crippen LogP contribution in [0.25, 0.3) is 5.69 Å². The predicted molar refractivity (Wildman–Crippen MR) is 113 cm³/mol. The zero-order valence-electron chi connectivity index (χ0n) is 16.2. The van der Waals surface area contributed by atoms with E-state index in [-0.39, 0.29) is 16.5 Å². The fourth-order valence-electron chi connectivity index (χ4n) is 2.76. The molecule has 0 aliphatic rings. The number of anilines is 1. The molecule has 0 aliphatic carbocycles. The van der Waals surface area contributed by atoms with Gasteiger partial charge in [-0.3, -0.25) is 4.79 Å². The van der Waals surface area contributed by atoms with E-state index in [1.165, 1.54) is 18.2 Å². The molecule has 152 valence electrons. The van der Waals surface area contributed by atoms with Gasteiger partial charge in [0.2, 0.25) is 10.0 Å². The molecule has 29 heavy (non-hydrogen) atoms. The van der Waals surface area contributed by atoms with Crippen LogP contribution in [0.1, 0.15) is 29.9 Å². The van der Waals surface area contributed by atoms with Crippen molar-refractivity contribution < 1.29 is 13.2 Å². The van der Waals surface area contributed by atoms with Crippen molar-refractivity contribution in [1.29, 1.82) is 0 Å². The van der Waals surface area contributed by atoms with Gasteiger partial charge in [-0.15, -0.1) is 0 Å². The highest BCUT2D eigenvalue weighted by molar-refractivity contribution is 7.89. The Bertz CT molecular complexity index is 1160. The summed E-state index contributed by atoms with van der Waals surface area (Å²) < 4.78 is 28.8. The molecule has 7 nitrogen and oxygen atoms in total. The van der Waals surface area contributed by atoms with E-state index in [1.54, 1.807) is 48.9 Å². The first kappa shape index (κ1) is 21.0. The Morgan fingerprint density at radius 2 is 1.83 bits per heavy atom. The average Bonchev–Trinajstić information content (AvgIpc) is 3.01.